The summed E-state index contributed by atoms with van der Waals surface area (Å²) in [6.45, 7) is 5.19. The standard InChI is InChI=1S/C20H23ClN2O2/c21-16-5-3-4-15(12-16)13-24-19-14-25-18-7-2-1-6-17(18)20(19)23-10-8-22-9-11-23/h1-7,12,19-20,22H,8-11,13-14H2/t19-,20-/m0/s1. The van der Waals surface area contributed by atoms with Gasteiger partial charge in [-0.2, -0.15) is 0 Å². The van der Waals surface area contributed by atoms with Crippen molar-refractivity contribution < 1.29 is 9.47 Å². The highest BCUT2D eigenvalue weighted by Gasteiger charge is 2.36. The molecule has 0 aromatic heterocycles. The molecule has 132 valence electrons. The van der Waals surface area contributed by atoms with Gasteiger partial charge in [-0.15, -0.1) is 0 Å². The van der Waals surface area contributed by atoms with Crippen LogP contribution in [0.25, 0.3) is 0 Å². The van der Waals surface area contributed by atoms with E-state index in [0.29, 0.717) is 13.2 Å². The normalized spacial score (nSPS) is 23.7. The molecule has 4 rings (SSSR count). The Kier molecular flexibility index (Phi) is 5.22. The van der Waals surface area contributed by atoms with E-state index < -0.39 is 0 Å². The molecule has 2 aliphatic rings. The van der Waals surface area contributed by atoms with E-state index in [4.69, 9.17) is 21.1 Å². The molecule has 25 heavy (non-hydrogen) atoms. The highest BCUT2D eigenvalue weighted by Crippen LogP contribution is 2.37. The summed E-state index contributed by atoms with van der Waals surface area (Å²) >= 11 is 6.09. The SMILES string of the molecule is Clc1cccc(CO[C@H]2COc3ccccc3[C@@H]2N2CCNCC2)c1. The largest absolute Gasteiger partial charge is 0.490 e. The van der Waals surface area contributed by atoms with Crippen molar-refractivity contribution in [1.29, 1.82) is 0 Å². The van der Waals surface area contributed by atoms with Gasteiger partial charge >= 0.3 is 0 Å². The zero-order valence-corrected chi connectivity index (χ0v) is 14.9. The Labute approximate surface area is 153 Å². The second-order valence-electron chi connectivity index (χ2n) is 6.56. The first-order chi connectivity index (χ1) is 12.3. The fourth-order valence-corrected chi connectivity index (χ4v) is 3.89. The van der Waals surface area contributed by atoms with Crippen molar-refractivity contribution >= 4 is 11.6 Å². The van der Waals surface area contributed by atoms with Crippen LogP contribution in [0.2, 0.25) is 5.02 Å². The minimum atomic E-state index is 0.00646. The molecule has 0 spiro atoms. The molecule has 0 amide bonds. The molecule has 4 nitrogen and oxygen atoms in total. The van der Waals surface area contributed by atoms with Gasteiger partial charge in [0, 0.05) is 36.8 Å². The Bertz CT molecular complexity index is 718. The summed E-state index contributed by atoms with van der Waals surface area (Å²) in [6, 6.07) is 16.4. The van der Waals surface area contributed by atoms with E-state index >= 15 is 0 Å². The lowest BCUT2D eigenvalue weighted by molar-refractivity contribution is -0.0617. The molecule has 1 saturated heterocycles. The predicted octanol–water partition coefficient (Wildman–Crippen LogP) is 3.26. The van der Waals surface area contributed by atoms with E-state index in [-0.39, 0.29) is 12.1 Å². The van der Waals surface area contributed by atoms with Crippen molar-refractivity contribution in [3.05, 3.63) is 64.7 Å². The molecule has 1 N–H and O–H groups in total. The lowest BCUT2D eigenvalue weighted by atomic mass is 9.95. The number of halogens is 1. The highest BCUT2D eigenvalue weighted by molar-refractivity contribution is 6.30. The van der Waals surface area contributed by atoms with Crippen molar-refractivity contribution in [1.82, 2.24) is 10.2 Å². The van der Waals surface area contributed by atoms with Crippen LogP contribution in [0.1, 0.15) is 17.2 Å². The molecule has 1 fully saturated rings. The number of ether oxygens (including phenoxy) is 2. The summed E-state index contributed by atoms with van der Waals surface area (Å²) in [7, 11) is 0. The topological polar surface area (TPSA) is 33.7 Å². The van der Waals surface area contributed by atoms with Crippen LogP contribution in [-0.2, 0) is 11.3 Å². The Balaban J connectivity index is 1.55. The second-order valence-corrected chi connectivity index (χ2v) is 7.00. The molecular weight excluding hydrogens is 336 g/mol. The van der Waals surface area contributed by atoms with Crippen LogP contribution in [0.4, 0.5) is 0 Å². The molecule has 0 radical (unpaired) electrons. The van der Waals surface area contributed by atoms with Gasteiger partial charge in [0.1, 0.15) is 18.5 Å². The lowest BCUT2D eigenvalue weighted by Crippen LogP contribution is -2.51. The molecule has 0 saturated carbocycles. The van der Waals surface area contributed by atoms with Gasteiger partial charge in [0.25, 0.3) is 0 Å². The Morgan fingerprint density at radius 3 is 2.80 bits per heavy atom. The number of piperazine rings is 1. The average Bonchev–Trinajstić information content (AvgIpc) is 2.66. The zero-order chi connectivity index (χ0) is 17.1. The smallest absolute Gasteiger partial charge is 0.124 e. The van der Waals surface area contributed by atoms with Gasteiger partial charge in [-0.3, -0.25) is 4.90 Å². The summed E-state index contributed by atoms with van der Waals surface area (Å²) in [5.41, 5.74) is 2.32. The van der Waals surface area contributed by atoms with Gasteiger partial charge in [0.2, 0.25) is 0 Å². The lowest BCUT2D eigenvalue weighted by Gasteiger charge is -2.42. The van der Waals surface area contributed by atoms with Crippen molar-refractivity contribution in [3.8, 4) is 5.75 Å². The quantitative estimate of drug-likeness (QED) is 0.909. The fraction of sp³-hybridized carbons (Fsp3) is 0.400. The highest BCUT2D eigenvalue weighted by atomic mass is 35.5. The summed E-state index contributed by atoms with van der Waals surface area (Å²) in [6.07, 6.45) is 0.00646. The van der Waals surface area contributed by atoms with Gasteiger partial charge in [-0.25, -0.2) is 0 Å². The van der Waals surface area contributed by atoms with Crippen LogP contribution < -0.4 is 10.1 Å². The molecule has 0 unspecified atom stereocenters. The minimum Gasteiger partial charge on any atom is -0.490 e. The summed E-state index contributed by atoms with van der Waals surface area (Å²) in [5, 5.41) is 4.17. The number of hydrogen-bond acceptors (Lipinski definition) is 4. The molecule has 2 heterocycles. The van der Waals surface area contributed by atoms with Gasteiger partial charge < -0.3 is 14.8 Å². The minimum absolute atomic E-state index is 0.00646. The molecule has 2 aromatic carbocycles. The molecule has 2 aromatic rings. The first-order valence-corrected chi connectivity index (χ1v) is 9.21. The monoisotopic (exact) mass is 358 g/mol. The third-order valence-electron chi connectivity index (χ3n) is 4.89. The molecule has 2 aliphatic heterocycles. The maximum Gasteiger partial charge on any atom is 0.124 e. The maximum absolute atomic E-state index is 6.30. The molecule has 0 aliphatic carbocycles. The summed E-state index contributed by atoms with van der Waals surface area (Å²) < 4.78 is 12.3. The summed E-state index contributed by atoms with van der Waals surface area (Å²) in [5.74, 6) is 0.980. The number of nitrogens with one attached hydrogen (secondary N) is 1. The molecular formula is C20H23ClN2O2. The Morgan fingerprint density at radius 1 is 1.12 bits per heavy atom. The van der Waals surface area contributed by atoms with E-state index in [9.17, 15) is 0 Å². The van der Waals surface area contributed by atoms with Gasteiger partial charge in [0.15, 0.2) is 0 Å². The number of rotatable bonds is 4. The van der Waals surface area contributed by atoms with Crippen LogP contribution in [0.15, 0.2) is 48.5 Å². The van der Waals surface area contributed by atoms with E-state index in [1.807, 2.05) is 30.3 Å². The van der Waals surface area contributed by atoms with Crippen LogP contribution in [0.3, 0.4) is 0 Å². The van der Waals surface area contributed by atoms with Gasteiger partial charge in [-0.1, -0.05) is 41.9 Å². The van der Waals surface area contributed by atoms with Crippen molar-refractivity contribution in [3.63, 3.8) is 0 Å². The van der Waals surface area contributed by atoms with Gasteiger partial charge in [0.05, 0.1) is 12.6 Å². The van der Waals surface area contributed by atoms with Crippen LogP contribution in [0, 0.1) is 0 Å². The van der Waals surface area contributed by atoms with Crippen LogP contribution >= 0.6 is 11.6 Å². The van der Waals surface area contributed by atoms with Crippen molar-refractivity contribution in [2.75, 3.05) is 32.8 Å². The molecule has 5 heteroatoms. The number of para-hydroxylation sites is 1. The first-order valence-electron chi connectivity index (χ1n) is 8.84. The Hall–Kier alpha value is -1.59. The van der Waals surface area contributed by atoms with Crippen LogP contribution in [-0.4, -0.2) is 43.8 Å². The average molecular weight is 359 g/mol. The zero-order valence-electron chi connectivity index (χ0n) is 14.2. The maximum atomic E-state index is 6.30. The third kappa shape index (κ3) is 3.82. The number of benzene rings is 2. The summed E-state index contributed by atoms with van der Waals surface area (Å²) in [4.78, 5) is 2.51. The number of hydrogen-bond donors (Lipinski definition) is 1. The second kappa shape index (κ2) is 7.75. The first kappa shape index (κ1) is 16.9. The van der Waals surface area contributed by atoms with E-state index in [0.717, 1.165) is 42.5 Å². The number of nitrogens with zero attached hydrogens (tertiary/aromatic N) is 1. The van der Waals surface area contributed by atoms with E-state index in [2.05, 4.69) is 28.4 Å². The van der Waals surface area contributed by atoms with E-state index in [1.54, 1.807) is 0 Å². The molecule has 2 atom stereocenters. The predicted molar refractivity (Wildman–Crippen MR) is 99.1 cm³/mol. The van der Waals surface area contributed by atoms with Crippen LogP contribution in [0.5, 0.6) is 5.75 Å². The van der Waals surface area contributed by atoms with Crippen molar-refractivity contribution in [2.24, 2.45) is 0 Å². The van der Waals surface area contributed by atoms with Gasteiger partial charge in [-0.05, 0) is 23.8 Å². The third-order valence-corrected chi connectivity index (χ3v) is 5.13. The molecule has 0 bridgehead atoms. The van der Waals surface area contributed by atoms with Crippen molar-refractivity contribution in [2.45, 2.75) is 18.8 Å². The van der Waals surface area contributed by atoms with E-state index in [1.165, 1.54) is 5.56 Å². The number of fused-ring (bicyclic) bond motifs is 1. The Morgan fingerprint density at radius 2 is 1.96 bits per heavy atom. The fourth-order valence-electron chi connectivity index (χ4n) is 3.68.